The number of hydrogen-bond acceptors (Lipinski definition) is 4. The first-order valence-corrected chi connectivity index (χ1v) is 5.28. The van der Waals surface area contributed by atoms with Crippen molar-refractivity contribution in [3.8, 4) is 11.5 Å². The van der Waals surface area contributed by atoms with Crippen molar-refractivity contribution in [2.24, 2.45) is 5.16 Å². The predicted octanol–water partition coefficient (Wildman–Crippen LogP) is 2.68. The topological polar surface area (TPSA) is 51.0 Å². The predicted molar refractivity (Wildman–Crippen MR) is 62.8 cm³/mol. The smallest absolute Gasteiger partial charge is 0.161 e. The van der Waals surface area contributed by atoms with E-state index < -0.39 is 0 Å². The molecule has 0 spiro atoms. The lowest BCUT2D eigenvalue weighted by atomic mass is 10.2. The van der Waals surface area contributed by atoms with Crippen molar-refractivity contribution in [2.75, 3.05) is 6.61 Å². The van der Waals surface area contributed by atoms with E-state index >= 15 is 0 Å². The molecule has 16 heavy (non-hydrogen) atoms. The monoisotopic (exact) mass is 223 g/mol. The molecule has 88 valence electrons. The zero-order chi connectivity index (χ0) is 12.0. The molecule has 0 aliphatic rings. The van der Waals surface area contributed by atoms with Gasteiger partial charge in [-0.15, -0.1) is 0 Å². The molecule has 0 amide bonds. The fourth-order valence-electron chi connectivity index (χ4n) is 1.29. The summed E-state index contributed by atoms with van der Waals surface area (Å²) < 4.78 is 11.1. The highest BCUT2D eigenvalue weighted by Crippen LogP contribution is 2.28. The molecule has 0 fully saturated rings. The minimum absolute atomic E-state index is 0.0940. The number of hydrogen-bond donors (Lipinski definition) is 1. The summed E-state index contributed by atoms with van der Waals surface area (Å²) in [4.78, 5) is 0. The molecule has 0 aromatic heterocycles. The lowest BCUT2D eigenvalue weighted by Crippen LogP contribution is -2.07. The SMILES string of the molecule is CCOc1cc(/C=N/O)ccc1OC(C)C. The van der Waals surface area contributed by atoms with Gasteiger partial charge in [0, 0.05) is 5.56 Å². The molecule has 0 saturated carbocycles. The van der Waals surface area contributed by atoms with E-state index in [0.29, 0.717) is 18.1 Å². The van der Waals surface area contributed by atoms with Gasteiger partial charge in [0.15, 0.2) is 11.5 Å². The van der Waals surface area contributed by atoms with Gasteiger partial charge in [0.2, 0.25) is 0 Å². The number of benzene rings is 1. The Kier molecular flexibility index (Phi) is 4.64. The van der Waals surface area contributed by atoms with Gasteiger partial charge in [-0.1, -0.05) is 5.16 Å². The van der Waals surface area contributed by atoms with Crippen LogP contribution in [0.4, 0.5) is 0 Å². The van der Waals surface area contributed by atoms with Crippen LogP contribution in [0.2, 0.25) is 0 Å². The third-order valence-electron chi connectivity index (χ3n) is 1.84. The summed E-state index contributed by atoms with van der Waals surface area (Å²) in [5, 5.41) is 11.4. The summed E-state index contributed by atoms with van der Waals surface area (Å²) in [7, 11) is 0. The van der Waals surface area contributed by atoms with Crippen molar-refractivity contribution >= 4 is 6.21 Å². The maximum absolute atomic E-state index is 8.45. The van der Waals surface area contributed by atoms with E-state index in [4.69, 9.17) is 14.7 Å². The number of ether oxygens (including phenoxy) is 2. The average molecular weight is 223 g/mol. The van der Waals surface area contributed by atoms with Gasteiger partial charge in [-0.25, -0.2) is 0 Å². The second-order valence-electron chi connectivity index (χ2n) is 3.55. The van der Waals surface area contributed by atoms with Crippen LogP contribution in [0.5, 0.6) is 11.5 Å². The van der Waals surface area contributed by atoms with Crippen LogP contribution in [0.15, 0.2) is 23.4 Å². The Morgan fingerprint density at radius 3 is 2.69 bits per heavy atom. The van der Waals surface area contributed by atoms with Crippen LogP contribution in [0.25, 0.3) is 0 Å². The first kappa shape index (κ1) is 12.4. The van der Waals surface area contributed by atoms with Crippen molar-refractivity contribution in [2.45, 2.75) is 26.9 Å². The van der Waals surface area contributed by atoms with Crippen LogP contribution in [-0.2, 0) is 0 Å². The van der Waals surface area contributed by atoms with Crippen LogP contribution < -0.4 is 9.47 Å². The second kappa shape index (κ2) is 6.00. The number of nitrogens with zero attached hydrogens (tertiary/aromatic N) is 1. The number of rotatable bonds is 5. The molecular formula is C12H17NO3. The largest absolute Gasteiger partial charge is 0.490 e. The fourth-order valence-corrected chi connectivity index (χ4v) is 1.29. The molecular weight excluding hydrogens is 206 g/mol. The second-order valence-corrected chi connectivity index (χ2v) is 3.55. The molecule has 0 aliphatic carbocycles. The van der Waals surface area contributed by atoms with Crippen molar-refractivity contribution in [3.05, 3.63) is 23.8 Å². The maximum atomic E-state index is 8.45. The summed E-state index contributed by atoms with van der Waals surface area (Å²) in [6, 6.07) is 5.39. The molecule has 1 N–H and O–H groups in total. The minimum atomic E-state index is 0.0940. The van der Waals surface area contributed by atoms with Crippen LogP contribution in [0, 0.1) is 0 Å². The molecule has 1 aromatic rings. The summed E-state index contributed by atoms with van der Waals surface area (Å²) in [6.07, 6.45) is 1.44. The molecule has 4 nitrogen and oxygen atoms in total. The lowest BCUT2D eigenvalue weighted by molar-refractivity contribution is 0.224. The van der Waals surface area contributed by atoms with E-state index in [1.165, 1.54) is 6.21 Å². The van der Waals surface area contributed by atoms with Crippen molar-refractivity contribution in [1.29, 1.82) is 0 Å². The zero-order valence-corrected chi connectivity index (χ0v) is 9.80. The summed E-state index contributed by atoms with van der Waals surface area (Å²) in [6.45, 7) is 6.39. The summed E-state index contributed by atoms with van der Waals surface area (Å²) in [5.41, 5.74) is 0.766. The molecule has 0 atom stereocenters. The van der Waals surface area contributed by atoms with E-state index in [1.54, 1.807) is 12.1 Å². The van der Waals surface area contributed by atoms with E-state index in [0.717, 1.165) is 5.56 Å². The first-order chi connectivity index (χ1) is 7.67. The molecule has 0 radical (unpaired) electrons. The van der Waals surface area contributed by atoms with E-state index in [1.807, 2.05) is 26.8 Å². The molecule has 0 heterocycles. The van der Waals surface area contributed by atoms with Crippen molar-refractivity contribution in [1.82, 2.24) is 0 Å². The van der Waals surface area contributed by atoms with Gasteiger partial charge < -0.3 is 14.7 Å². The first-order valence-electron chi connectivity index (χ1n) is 5.28. The molecule has 0 saturated heterocycles. The number of oxime groups is 1. The minimum Gasteiger partial charge on any atom is -0.490 e. The standard InChI is InChI=1S/C12H17NO3/c1-4-15-12-7-10(8-13-14)5-6-11(12)16-9(2)3/h5-9,14H,4H2,1-3H3/b13-8+. The molecule has 1 aromatic carbocycles. The van der Waals surface area contributed by atoms with Gasteiger partial charge >= 0.3 is 0 Å². The molecule has 1 rings (SSSR count). The third-order valence-corrected chi connectivity index (χ3v) is 1.84. The van der Waals surface area contributed by atoms with E-state index in [2.05, 4.69) is 5.16 Å². The Labute approximate surface area is 95.5 Å². The zero-order valence-electron chi connectivity index (χ0n) is 9.80. The van der Waals surface area contributed by atoms with Gasteiger partial charge in [-0.05, 0) is 39.0 Å². The van der Waals surface area contributed by atoms with Gasteiger partial charge in [0.1, 0.15) is 0 Å². The molecule has 0 bridgehead atoms. The van der Waals surface area contributed by atoms with Crippen LogP contribution in [0.1, 0.15) is 26.3 Å². The van der Waals surface area contributed by atoms with Crippen LogP contribution in [0.3, 0.4) is 0 Å². The highest BCUT2D eigenvalue weighted by atomic mass is 16.5. The Balaban J connectivity index is 2.98. The average Bonchev–Trinajstić information content (AvgIpc) is 2.22. The normalized spacial score (nSPS) is 11.0. The van der Waals surface area contributed by atoms with Crippen LogP contribution >= 0.6 is 0 Å². The Morgan fingerprint density at radius 2 is 2.12 bits per heavy atom. The highest BCUT2D eigenvalue weighted by molar-refractivity contribution is 5.80. The van der Waals surface area contributed by atoms with Crippen LogP contribution in [-0.4, -0.2) is 24.1 Å². The van der Waals surface area contributed by atoms with Gasteiger partial charge in [0.05, 0.1) is 18.9 Å². The van der Waals surface area contributed by atoms with Crippen molar-refractivity contribution in [3.63, 3.8) is 0 Å². The quantitative estimate of drug-likeness (QED) is 0.474. The molecule has 0 aliphatic heterocycles. The third kappa shape index (κ3) is 3.46. The van der Waals surface area contributed by atoms with E-state index in [9.17, 15) is 0 Å². The lowest BCUT2D eigenvalue weighted by Gasteiger charge is -2.14. The van der Waals surface area contributed by atoms with Gasteiger partial charge in [0.25, 0.3) is 0 Å². The Hall–Kier alpha value is -1.71. The summed E-state index contributed by atoms with van der Waals surface area (Å²) in [5.74, 6) is 1.36. The summed E-state index contributed by atoms with van der Waals surface area (Å²) >= 11 is 0. The molecule has 4 heteroatoms. The van der Waals surface area contributed by atoms with Crippen molar-refractivity contribution < 1.29 is 14.7 Å². The van der Waals surface area contributed by atoms with Gasteiger partial charge in [-0.2, -0.15) is 0 Å². The molecule has 0 unspecified atom stereocenters. The maximum Gasteiger partial charge on any atom is 0.161 e. The fraction of sp³-hybridized carbons (Fsp3) is 0.417. The van der Waals surface area contributed by atoms with E-state index in [-0.39, 0.29) is 6.10 Å². The Bertz CT molecular complexity index is 361. The Morgan fingerprint density at radius 1 is 1.38 bits per heavy atom. The highest BCUT2D eigenvalue weighted by Gasteiger charge is 2.07. The van der Waals surface area contributed by atoms with Gasteiger partial charge in [-0.3, -0.25) is 0 Å².